The minimum Gasteiger partial charge on any atom is -0.378 e. The summed E-state index contributed by atoms with van der Waals surface area (Å²) in [6.45, 7) is 1.52. The zero-order valence-corrected chi connectivity index (χ0v) is 12.8. The van der Waals surface area contributed by atoms with E-state index in [1.54, 1.807) is 7.11 Å². The Labute approximate surface area is 118 Å². The van der Waals surface area contributed by atoms with E-state index in [2.05, 4.69) is 17.1 Å². The van der Waals surface area contributed by atoms with Crippen molar-refractivity contribution in [3.05, 3.63) is 15.6 Å². The lowest BCUT2D eigenvalue weighted by molar-refractivity contribution is 0.181. The van der Waals surface area contributed by atoms with Crippen LogP contribution in [0.4, 0.5) is 0 Å². The molecular weight excluding hydrogens is 264 g/mol. The Morgan fingerprint density at radius 3 is 2.89 bits per heavy atom. The molecule has 1 aromatic heterocycles. The zero-order valence-electron chi connectivity index (χ0n) is 11.2. The minimum absolute atomic E-state index is 0.627. The van der Waals surface area contributed by atoms with Gasteiger partial charge in [0, 0.05) is 29.5 Å². The summed E-state index contributed by atoms with van der Waals surface area (Å²) >= 11 is 3.91. The third-order valence-electron chi connectivity index (χ3n) is 3.19. The van der Waals surface area contributed by atoms with Crippen LogP contribution < -0.4 is 5.32 Å². The normalized spacial score (nSPS) is 16.6. The Balaban J connectivity index is 1.92. The summed E-state index contributed by atoms with van der Waals surface area (Å²) in [7, 11) is 3.71. The topological polar surface area (TPSA) is 34.2 Å². The number of thioether (sulfide) groups is 1. The highest BCUT2D eigenvalue weighted by Gasteiger charge is 2.17. The Kier molecular flexibility index (Phi) is 5.95. The highest BCUT2D eigenvalue weighted by atomic mass is 32.2. The molecule has 2 rings (SSSR count). The second-order valence-electron chi connectivity index (χ2n) is 4.66. The SMILES string of the molecule is CNCc1sc(CSC2CCCC2)nc1COC. The smallest absolute Gasteiger partial charge is 0.103 e. The van der Waals surface area contributed by atoms with Crippen LogP contribution in [-0.2, 0) is 23.6 Å². The zero-order chi connectivity index (χ0) is 12.8. The molecule has 0 radical (unpaired) electrons. The molecule has 0 bridgehead atoms. The molecule has 102 valence electrons. The molecule has 5 heteroatoms. The van der Waals surface area contributed by atoms with Crippen LogP contribution in [0.15, 0.2) is 0 Å². The molecule has 1 aromatic rings. The van der Waals surface area contributed by atoms with Crippen LogP contribution in [0.2, 0.25) is 0 Å². The minimum atomic E-state index is 0.627. The number of methoxy groups -OCH3 is 1. The number of hydrogen-bond donors (Lipinski definition) is 1. The lowest BCUT2D eigenvalue weighted by atomic mass is 10.4. The van der Waals surface area contributed by atoms with Gasteiger partial charge in [-0.2, -0.15) is 11.8 Å². The molecule has 0 aromatic carbocycles. The van der Waals surface area contributed by atoms with E-state index in [1.165, 1.54) is 35.6 Å². The first-order chi connectivity index (χ1) is 8.83. The number of nitrogens with zero attached hydrogens (tertiary/aromatic N) is 1. The lowest BCUT2D eigenvalue weighted by Gasteiger charge is -2.05. The highest BCUT2D eigenvalue weighted by Crippen LogP contribution is 2.33. The van der Waals surface area contributed by atoms with Gasteiger partial charge in [0.15, 0.2) is 0 Å². The maximum absolute atomic E-state index is 5.22. The summed E-state index contributed by atoms with van der Waals surface area (Å²) in [5, 5.41) is 5.32. The molecule has 1 fully saturated rings. The fourth-order valence-electron chi connectivity index (χ4n) is 2.29. The molecule has 0 spiro atoms. The van der Waals surface area contributed by atoms with Crippen LogP contribution >= 0.6 is 23.1 Å². The van der Waals surface area contributed by atoms with Crippen molar-refractivity contribution in [1.29, 1.82) is 0 Å². The largest absolute Gasteiger partial charge is 0.378 e. The molecule has 3 nitrogen and oxygen atoms in total. The summed E-state index contributed by atoms with van der Waals surface area (Å²) in [4.78, 5) is 6.03. The van der Waals surface area contributed by atoms with Crippen molar-refractivity contribution in [1.82, 2.24) is 10.3 Å². The first-order valence-electron chi connectivity index (χ1n) is 6.56. The van der Waals surface area contributed by atoms with Gasteiger partial charge in [-0.15, -0.1) is 11.3 Å². The molecular formula is C13H22N2OS2. The van der Waals surface area contributed by atoms with Crippen molar-refractivity contribution < 1.29 is 4.74 Å². The van der Waals surface area contributed by atoms with Gasteiger partial charge in [0.05, 0.1) is 12.3 Å². The average molecular weight is 286 g/mol. The standard InChI is InChI=1S/C13H22N2OS2/c1-14-7-12-11(8-16-2)15-13(18-12)9-17-10-5-3-4-6-10/h10,14H,3-9H2,1-2H3. The van der Waals surface area contributed by atoms with E-state index < -0.39 is 0 Å². The third-order valence-corrected chi connectivity index (χ3v) is 5.85. The van der Waals surface area contributed by atoms with E-state index >= 15 is 0 Å². The molecule has 0 atom stereocenters. The molecule has 1 aliphatic rings. The number of aromatic nitrogens is 1. The highest BCUT2D eigenvalue weighted by molar-refractivity contribution is 7.99. The van der Waals surface area contributed by atoms with Gasteiger partial charge in [0.25, 0.3) is 0 Å². The van der Waals surface area contributed by atoms with E-state index in [9.17, 15) is 0 Å². The van der Waals surface area contributed by atoms with Gasteiger partial charge in [-0.1, -0.05) is 12.8 Å². The molecule has 1 heterocycles. The van der Waals surface area contributed by atoms with Crippen molar-refractivity contribution in [2.45, 2.75) is 49.8 Å². The summed E-state index contributed by atoms with van der Waals surface area (Å²) in [5.74, 6) is 1.07. The van der Waals surface area contributed by atoms with Crippen molar-refractivity contribution >= 4 is 23.1 Å². The number of ether oxygens (including phenoxy) is 1. The van der Waals surface area contributed by atoms with E-state index in [0.717, 1.165) is 23.2 Å². The van der Waals surface area contributed by atoms with Gasteiger partial charge in [0.2, 0.25) is 0 Å². The third kappa shape index (κ3) is 3.95. The van der Waals surface area contributed by atoms with E-state index in [0.29, 0.717) is 6.61 Å². The van der Waals surface area contributed by atoms with Gasteiger partial charge in [-0.25, -0.2) is 4.98 Å². The molecule has 0 unspecified atom stereocenters. The summed E-state index contributed by atoms with van der Waals surface area (Å²) < 4.78 is 5.22. The molecule has 0 aliphatic heterocycles. The second-order valence-corrected chi connectivity index (χ2v) is 7.12. The summed E-state index contributed by atoms with van der Waals surface area (Å²) in [5.41, 5.74) is 1.11. The van der Waals surface area contributed by atoms with Crippen molar-refractivity contribution in [2.75, 3.05) is 14.2 Å². The van der Waals surface area contributed by atoms with Gasteiger partial charge in [0.1, 0.15) is 5.01 Å². The Bertz CT molecular complexity index is 338. The van der Waals surface area contributed by atoms with Gasteiger partial charge >= 0.3 is 0 Å². The molecule has 18 heavy (non-hydrogen) atoms. The Hall–Kier alpha value is -0.100. The van der Waals surface area contributed by atoms with Crippen LogP contribution in [0, 0.1) is 0 Å². The first kappa shape index (κ1) is 14.3. The number of hydrogen-bond acceptors (Lipinski definition) is 5. The van der Waals surface area contributed by atoms with E-state index in [4.69, 9.17) is 9.72 Å². The van der Waals surface area contributed by atoms with Crippen molar-refractivity contribution in [2.24, 2.45) is 0 Å². The number of rotatable bonds is 7. The maximum atomic E-state index is 5.22. The number of thiazole rings is 1. The number of nitrogens with one attached hydrogen (secondary N) is 1. The summed E-state index contributed by atoms with van der Waals surface area (Å²) in [6, 6.07) is 0. The van der Waals surface area contributed by atoms with Crippen LogP contribution in [0.1, 0.15) is 41.3 Å². The monoisotopic (exact) mass is 286 g/mol. The van der Waals surface area contributed by atoms with Crippen LogP contribution in [0.3, 0.4) is 0 Å². The van der Waals surface area contributed by atoms with Crippen molar-refractivity contribution in [3.8, 4) is 0 Å². The van der Waals surface area contributed by atoms with Crippen molar-refractivity contribution in [3.63, 3.8) is 0 Å². The van der Waals surface area contributed by atoms with Crippen LogP contribution in [-0.4, -0.2) is 24.4 Å². The fraction of sp³-hybridized carbons (Fsp3) is 0.769. The van der Waals surface area contributed by atoms with Gasteiger partial charge < -0.3 is 10.1 Å². The quantitative estimate of drug-likeness (QED) is 0.835. The molecule has 1 aliphatic carbocycles. The second kappa shape index (κ2) is 7.48. The van der Waals surface area contributed by atoms with Crippen LogP contribution in [0.25, 0.3) is 0 Å². The van der Waals surface area contributed by atoms with Gasteiger partial charge in [-0.05, 0) is 19.9 Å². The van der Waals surface area contributed by atoms with E-state index in [1.807, 2.05) is 18.4 Å². The lowest BCUT2D eigenvalue weighted by Crippen LogP contribution is -2.06. The Morgan fingerprint density at radius 1 is 1.44 bits per heavy atom. The van der Waals surface area contributed by atoms with Crippen LogP contribution in [0.5, 0.6) is 0 Å². The molecule has 1 N–H and O–H groups in total. The van der Waals surface area contributed by atoms with Gasteiger partial charge in [-0.3, -0.25) is 0 Å². The predicted molar refractivity (Wildman–Crippen MR) is 79.1 cm³/mol. The predicted octanol–water partition coefficient (Wildman–Crippen LogP) is 3.18. The molecule has 1 saturated carbocycles. The molecule has 0 saturated heterocycles. The first-order valence-corrected chi connectivity index (χ1v) is 8.42. The molecule has 0 amide bonds. The maximum Gasteiger partial charge on any atom is 0.103 e. The van der Waals surface area contributed by atoms with E-state index in [-0.39, 0.29) is 0 Å². The average Bonchev–Trinajstić information content (AvgIpc) is 2.98. The summed E-state index contributed by atoms with van der Waals surface area (Å²) in [6.07, 6.45) is 5.61. The fourth-order valence-corrected chi connectivity index (χ4v) is 4.72. The Morgan fingerprint density at radius 2 is 2.22 bits per heavy atom.